The first-order valence-corrected chi connectivity index (χ1v) is 9.81. The van der Waals surface area contributed by atoms with Gasteiger partial charge in [0.15, 0.2) is 0 Å². The third-order valence-electron chi connectivity index (χ3n) is 4.93. The molecule has 0 aromatic carbocycles. The van der Waals surface area contributed by atoms with E-state index in [1.54, 1.807) is 39.0 Å². The number of hydrogen-bond donors (Lipinski definition) is 1. The fraction of sp³-hybridized carbons (Fsp3) is 0.571. The van der Waals surface area contributed by atoms with E-state index < -0.39 is 36.0 Å². The molecule has 1 N–H and O–H groups in total. The summed E-state index contributed by atoms with van der Waals surface area (Å²) in [5.74, 6) is -0.462. The number of aromatic nitrogens is 1. The van der Waals surface area contributed by atoms with Crippen LogP contribution >= 0.6 is 0 Å². The first-order chi connectivity index (χ1) is 13.7. The second kappa shape index (κ2) is 8.77. The summed E-state index contributed by atoms with van der Waals surface area (Å²) in [5.41, 5.74) is -0.0888. The van der Waals surface area contributed by atoms with Gasteiger partial charge in [-0.3, -0.25) is 4.98 Å². The lowest BCUT2D eigenvalue weighted by Gasteiger charge is -2.32. The predicted molar refractivity (Wildman–Crippen MR) is 114 cm³/mol. The van der Waals surface area contributed by atoms with Gasteiger partial charge in [0, 0.05) is 12.7 Å². The topological polar surface area (TPSA) is 96.0 Å². The van der Waals surface area contributed by atoms with Crippen molar-refractivity contribution in [1.82, 2.24) is 10.3 Å². The number of ether oxygens (including phenoxy) is 2. The molecule has 8 nitrogen and oxygen atoms in total. The van der Waals surface area contributed by atoms with E-state index in [2.05, 4.69) is 10.3 Å². The van der Waals surface area contributed by atoms with E-state index in [-0.39, 0.29) is 6.54 Å². The van der Waals surface area contributed by atoms with Crippen LogP contribution in [0, 0.1) is 0 Å². The maximum absolute atomic E-state index is 12.1. The lowest BCUT2D eigenvalue weighted by atomic mass is 9.77. The first-order valence-electron chi connectivity index (χ1n) is 9.81. The minimum Gasteiger partial charge on any atom is -0.465 e. The Morgan fingerprint density at radius 1 is 1.17 bits per heavy atom. The normalized spacial score (nSPS) is 18.1. The van der Waals surface area contributed by atoms with Gasteiger partial charge >= 0.3 is 19.2 Å². The number of alkyl carbamates (subject to hydrolysis) is 1. The number of nitrogens with zero attached hydrogens (tertiary/aromatic N) is 1. The number of pyridine rings is 1. The Labute approximate surface area is 178 Å². The quantitative estimate of drug-likeness (QED) is 0.578. The Bertz CT molecular complexity index is 796. The van der Waals surface area contributed by atoms with E-state index in [1.165, 1.54) is 13.3 Å². The summed E-state index contributed by atoms with van der Waals surface area (Å²) in [7, 11) is 0.640. The number of methoxy groups -OCH3 is 1. The summed E-state index contributed by atoms with van der Waals surface area (Å²) < 4.78 is 22.3. The molecule has 9 heteroatoms. The average Bonchev–Trinajstić information content (AvgIpc) is 2.84. The maximum atomic E-state index is 12.1. The monoisotopic (exact) mass is 418 g/mol. The molecule has 164 valence electrons. The third kappa shape index (κ3) is 6.06. The molecule has 0 bridgehead atoms. The van der Waals surface area contributed by atoms with Crippen molar-refractivity contribution in [3.63, 3.8) is 0 Å². The highest BCUT2D eigenvalue weighted by Gasteiger charge is 2.52. The zero-order valence-electron chi connectivity index (χ0n) is 19.0. The highest BCUT2D eigenvalue weighted by molar-refractivity contribution is 6.56. The number of hydrogen-bond acceptors (Lipinski definition) is 7. The van der Waals surface area contributed by atoms with E-state index >= 15 is 0 Å². The molecule has 0 unspecified atom stereocenters. The van der Waals surface area contributed by atoms with Crippen LogP contribution in [0.15, 0.2) is 23.8 Å². The van der Waals surface area contributed by atoms with Gasteiger partial charge in [0.25, 0.3) is 0 Å². The van der Waals surface area contributed by atoms with Gasteiger partial charge in [0.05, 0.1) is 29.6 Å². The average molecular weight is 418 g/mol. The molecular formula is C21H31BN2O6. The molecule has 0 spiro atoms. The molecule has 1 amide bonds. The molecular weight excluding hydrogens is 387 g/mol. The number of rotatable bonds is 5. The lowest BCUT2D eigenvalue weighted by Crippen LogP contribution is -2.41. The lowest BCUT2D eigenvalue weighted by molar-refractivity contribution is 0.00578. The van der Waals surface area contributed by atoms with Crippen LogP contribution in [-0.2, 0) is 18.8 Å². The van der Waals surface area contributed by atoms with E-state index in [1.807, 2.05) is 27.7 Å². The van der Waals surface area contributed by atoms with Gasteiger partial charge in [-0.25, -0.2) is 9.59 Å². The summed E-state index contributed by atoms with van der Waals surface area (Å²) in [6.45, 7) is 13.3. The largest absolute Gasteiger partial charge is 0.492 e. The van der Waals surface area contributed by atoms with Crippen LogP contribution in [0.2, 0.25) is 0 Å². The van der Waals surface area contributed by atoms with Crippen molar-refractivity contribution in [1.29, 1.82) is 0 Å². The van der Waals surface area contributed by atoms with Gasteiger partial charge in [-0.2, -0.15) is 0 Å². The summed E-state index contributed by atoms with van der Waals surface area (Å²) in [4.78, 5) is 28.0. The molecule has 1 aromatic heterocycles. The van der Waals surface area contributed by atoms with Crippen LogP contribution in [0.1, 0.15) is 64.5 Å². The van der Waals surface area contributed by atoms with E-state index in [9.17, 15) is 9.59 Å². The van der Waals surface area contributed by atoms with Crippen molar-refractivity contribution in [3.8, 4) is 0 Å². The molecule has 1 aliphatic heterocycles. The summed E-state index contributed by atoms with van der Waals surface area (Å²) in [5, 5.41) is 2.74. The Kier molecular flexibility index (Phi) is 6.99. The zero-order valence-corrected chi connectivity index (χ0v) is 19.0. The molecule has 1 saturated heterocycles. The number of amides is 1. The molecule has 2 rings (SSSR count). The van der Waals surface area contributed by atoms with Crippen LogP contribution in [0.3, 0.4) is 0 Å². The first kappa shape index (κ1) is 23.9. The van der Waals surface area contributed by atoms with E-state index in [0.29, 0.717) is 16.7 Å². The standard InChI is InChI=1S/C21H31BN2O6/c1-19(2,3)28-18(26)24-13-15(22-29-20(4,5)21(6,7)30-22)11-16-10-9-14(12-23-16)17(25)27-8/h9-12H,13H2,1-8H3,(H,24,26). The van der Waals surface area contributed by atoms with Crippen LogP contribution < -0.4 is 5.32 Å². The van der Waals surface area contributed by atoms with Crippen LogP contribution in [-0.4, -0.2) is 54.6 Å². The molecule has 2 heterocycles. The second-order valence-electron chi connectivity index (χ2n) is 9.13. The molecule has 0 radical (unpaired) electrons. The third-order valence-corrected chi connectivity index (χ3v) is 4.93. The zero-order chi connectivity index (χ0) is 22.7. The van der Waals surface area contributed by atoms with E-state index in [0.717, 1.165) is 0 Å². The fourth-order valence-electron chi connectivity index (χ4n) is 2.60. The highest BCUT2D eigenvalue weighted by atomic mass is 16.7. The van der Waals surface area contributed by atoms with Gasteiger partial charge in [-0.15, -0.1) is 0 Å². The van der Waals surface area contributed by atoms with Gasteiger partial charge in [-0.1, -0.05) is 0 Å². The van der Waals surface area contributed by atoms with Gasteiger partial charge in [0.2, 0.25) is 0 Å². The van der Waals surface area contributed by atoms with Crippen molar-refractivity contribution in [2.75, 3.05) is 13.7 Å². The van der Waals surface area contributed by atoms with Crippen LogP contribution in [0.25, 0.3) is 6.08 Å². The summed E-state index contributed by atoms with van der Waals surface area (Å²) in [6, 6.07) is 3.30. The van der Waals surface area contributed by atoms with Crippen LogP contribution in [0.5, 0.6) is 0 Å². The number of carbonyl (C=O) groups excluding carboxylic acids is 2. The van der Waals surface area contributed by atoms with Gasteiger partial charge in [-0.05, 0) is 72.1 Å². The fourth-order valence-corrected chi connectivity index (χ4v) is 2.60. The number of carbonyl (C=O) groups is 2. The number of esters is 1. The molecule has 0 atom stereocenters. The minimum absolute atomic E-state index is 0.145. The molecule has 0 aliphatic carbocycles. The van der Waals surface area contributed by atoms with Crippen molar-refractivity contribution >= 4 is 25.3 Å². The Balaban J connectivity index is 2.26. The summed E-state index contributed by atoms with van der Waals surface area (Å²) in [6.07, 6.45) is 2.65. The number of nitrogens with one attached hydrogen (secondary N) is 1. The van der Waals surface area contributed by atoms with Crippen LogP contribution in [0.4, 0.5) is 4.79 Å². The predicted octanol–water partition coefficient (Wildman–Crippen LogP) is 3.41. The molecule has 30 heavy (non-hydrogen) atoms. The molecule has 1 aromatic rings. The summed E-state index contributed by atoms with van der Waals surface area (Å²) >= 11 is 0. The Morgan fingerprint density at radius 2 is 1.77 bits per heavy atom. The smallest absolute Gasteiger partial charge is 0.465 e. The molecule has 1 aliphatic rings. The van der Waals surface area contributed by atoms with E-state index in [4.69, 9.17) is 18.8 Å². The van der Waals surface area contributed by atoms with Crippen molar-refractivity contribution < 1.29 is 28.4 Å². The molecule has 0 saturated carbocycles. The Hall–Kier alpha value is -2.39. The SMILES string of the molecule is COC(=O)c1ccc(C=C(CNC(=O)OC(C)(C)C)B2OC(C)(C)C(C)(C)O2)nc1. The van der Waals surface area contributed by atoms with Gasteiger partial charge in [0.1, 0.15) is 5.60 Å². The Morgan fingerprint density at radius 3 is 2.23 bits per heavy atom. The van der Waals surface area contributed by atoms with Crippen molar-refractivity contribution in [2.45, 2.75) is 65.3 Å². The highest BCUT2D eigenvalue weighted by Crippen LogP contribution is 2.38. The maximum Gasteiger partial charge on any atom is 0.492 e. The van der Waals surface area contributed by atoms with Crippen molar-refractivity contribution in [3.05, 3.63) is 35.1 Å². The minimum atomic E-state index is -0.674. The van der Waals surface area contributed by atoms with Gasteiger partial charge < -0.3 is 24.1 Å². The molecule has 1 fully saturated rings. The van der Waals surface area contributed by atoms with Crippen molar-refractivity contribution in [2.24, 2.45) is 0 Å². The second-order valence-corrected chi connectivity index (χ2v) is 9.13.